The molecule has 0 spiro atoms. The zero-order valence-corrected chi connectivity index (χ0v) is 12.9. The molecule has 0 radical (unpaired) electrons. The van der Waals surface area contributed by atoms with E-state index in [1.54, 1.807) is 0 Å². The van der Waals surface area contributed by atoms with E-state index in [-0.39, 0.29) is 12.8 Å². The van der Waals surface area contributed by atoms with E-state index in [2.05, 4.69) is 50.5 Å². The van der Waals surface area contributed by atoms with Crippen molar-refractivity contribution in [3.8, 4) is 29.8 Å². The van der Waals surface area contributed by atoms with Crippen LogP contribution in [0, 0.1) is 57.7 Å². The molecular formula is C19H29N. The van der Waals surface area contributed by atoms with Gasteiger partial charge in [-0.3, -0.25) is 0 Å². The van der Waals surface area contributed by atoms with Crippen LogP contribution in [0.15, 0.2) is 0 Å². The summed E-state index contributed by atoms with van der Waals surface area (Å²) < 4.78 is 0. The molecule has 0 amide bonds. The Morgan fingerprint density at radius 3 is 1.60 bits per heavy atom. The van der Waals surface area contributed by atoms with Crippen LogP contribution in [0.25, 0.3) is 0 Å². The molecule has 0 aliphatic heterocycles. The highest BCUT2D eigenvalue weighted by Crippen LogP contribution is 2.44. The van der Waals surface area contributed by atoms with E-state index in [1.165, 1.54) is 12.8 Å². The molecule has 2 rings (SSSR count). The molecule has 2 fully saturated rings. The molecule has 0 atom stereocenters. The number of hydrogen-bond acceptors (Lipinski definition) is 1. The molecule has 0 unspecified atom stereocenters. The second kappa shape index (κ2) is 7.41. The number of hydrogen-bond donors (Lipinski definition) is 0. The Balaban J connectivity index is 0.000000345. The fourth-order valence-corrected chi connectivity index (χ4v) is 1.30. The van der Waals surface area contributed by atoms with Gasteiger partial charge in [0.1, 0.15) is 5.41 Å². The van der Waals surface area contributed by atoms with E-state index in [4.69, 9.17) is 5.26 Å². The van der Waals surface area contributed by atoms with Crippen LogP contribution >= 0.6 is 0 Å². The van der Waals surface area contributed by atoms with Crippen LogP contribution in [0.2, 0.25) is 0 Å². The molecule has 2 saturated carbocycles. The Labute approximate surface area is 126 Å². The average molecular weight is 271 g/mol. The molecule has 1 nitrogen and oxygen atoms in total. The largest absolute Gasteiger partial charge is 0.197 e. The third-order valence-corrected chi connectivity index (χ3v) is 3.23. The molecule has 0 aromatic heterocycles. The van der Waals surface area contributed by atoms with Crippen molar-refractivity contribution in [3.05, 3.63) is 0 Å². The topological polar surface area (TPSA) is 23.8 Å². The molecule has 0 bridgehead atoms. The molecule has 1 heteroatoms. The first kappa shape index (κ1) is 18.6. The van der Waals surface area contributed by atoms with Crippen molar-refractivity contribution in [1.29, 1.82) is 5.26 Å². The summed E-state index contributed by atoms with van der Waals surface area (Å²) in [7, 11) is 0. The Kier molecular flexibility index (Phi) is 6.89. The summed E-state index contributed by atoms with van der Waals surface area (Å²) in [4.78, 5) is 0. The maximum absolute atomic E-state index is 8.62. The van der Waals surface area contributed by atoms with Crippen LogP contribution in [0.3, 0.4) is 0 Å². The van der Waals surface area contributed by atoms with Crippen molar-refractivity contribution in [1.82, 2.24) is 0 Å². The predicted molar refractivity (Wildman–Crippen MR) is 86.6 cm³/mol. The fraction of sp³-hybridized carbons (Fsp3) is 0.737. The van der Waals surface area contributed by atoms with Gasteiger partial charge in [-0.25, -0.2) is 0 Å². The normalized spacial score (nSPS) is 18.9. The Morgan fingerprint density at radius 1 is 0.850 bits per heavy atom. The van der Waals surface area contributed by atoms with Gasteiger partial charge < -0.3 is 0 Å². The van der Waals surface area contributed by atoms with Gasteiger partial charge in [0.2, 0.25) is 0 Å². The van der Waals surface area contributed by atoms with Gasteiger partial charge >= 0.3 is 0 Å². The maximum atomic E-state index is 8.62. The summed E-state index contributed by atoms with van der Waals surface area (Å²) in [6.45, 7) is 10.6. The molecule has 0 aromatic rings. The van der Waals surface area contributed by atoms with E-state index in [0.29, 0.717) is 17.3 Å². The lowest BCUT2D eigenvalue weighted by atomic mass is 10.1. The van der Waals surface area contributed by atoms with E-state index in [0.717, 1.165) is 12.8 Å². The van der Waals surface area contributed by atoms with Gasteiger partial charge in [0, 0.05) is 17.3 Å². The van der Waals surface area contributed by atoms with Crippen LogP contribution in [-0.4, -0.2) is 0 Å². The Hall–Kier alpha value is -1.39. The lowest BCUT2D eigenvalue weighted by Crippen LogP contribution is -1.90. The molecule has 0 N–H and O–H groups in total. The third kappa shape index (κ3) is 7.26. The SMILES string of the molecule is C.CC(C)C#CC1(C#N)CC1.CC(C)C#CC1(C)CC1. The van der Waals surface area contributed by atoms with Crippen LogP contribution < -0.4 is 0 Å². The summed E-state index contributed by atoms with van der Waals surface area (Å²) in [5.41, 5.74) is 0.189. The fourth-order valence-electron chi connectivity index (χ4n) is 1.30. The van der Waals surface area contributed by atoms with E-state index < -0.39 is 0 Å². The van der Waals surface area contributed by atoms with Crippen LogP contribution in [-0.2, 0) is 0 Å². The Morgan fingerprint density at radius 2 is 1.30 bits per heavy atom. The molecular weight excluding hydrogens is 242 g/mol. The standard InChI is InChI=1S/C9H11N.C9H14.CH4/c1-8(2)3-4-9(7-10)5-6-9;1-8(2)4-5-9(3)6-7-9;/h8H,5-6H2,1-2H3;8H,6-7H2,1-3H3;1H4. The van der Waals surface area contributed by atoms with Gasteiger partial charge in [0.25, 0.3) is 0 Å². The van der Waals surface area contributed by atoms with Crippen molar-refractivity contribution in [2.75, 3.05) is 0 Å². The summed E-state index contributed by atoms with van der Waals surface area (Å²) in [5, 5.41) is 8.62. The lowest BCUT2D eigenvalue weighted by molar-refractivity contribution is 0.771. The minimum Gasteiger partial charge on any atom is -0.197 e. The van der Waals surface area contributed by atoms with E-state index in [1.807, 2.05) is 13.8 Å². The van der Waals surface area contributed by atoms with Gasteiger partial charge in [-0.15, -0.1) is 0 Å². The molecule has 0 saturated heterocycles. The lowest BCUT2D eigenvalue weighted by Gasteiger charge is -1.93. The highest BCUT2D eigenvalue weighted by atomic mass is 14.4. The predicted octanol–water partition coefficient (Wildman–Crippen LogP) is 5.03. The summed E-state index contributed by atoms with van der Waals surface area (Å²) >= 11 is 0. The minimum atomic E-state index is -0.232. The highest BCUT2D eigenvalue weighted by Gasteiger charge is 2.41. The van der Waals surface area contributed by atoms with E-state index in [9.17, 15) is 0 Å². The summed E-state index contributed by atoms with van der Waals surface area (Å²) in [5.74, 6) is 13.5. The molecule has 0 aromatic carbocycles. The van der Waals surface area contributed by atoms with Crippen molar-refractivity contribution in [2.24, 2.45) is 22.7 Å². The number of rotatable bonds is 0. The zero-order chi connectivity index (χ0) is 14.5. The van der Waals surface area contributed by atoms with E-state index >= 15 is 0 Å². The maximum Gasteiger partial charge on any atom is 0.118 e. The molecule has 2 aliphatic carbocycles. The first-order chi connectivity index (χ1) is 8.81. The highest BCUT2D eigenvalue weighted by molar-refractivity contribution is 5.29. The first-order valence-electron chi connectivity index (χ1n) is 7.27. The monoisotopic (exact) mass is 271 g/mol. The van der Waals surface area contributed by atoms with Gasteiger partial charge in [0.05, 0.1) is 6.07 Å². The minimum absolute atomic E-state index is 0. The Bertz CT molecular complexity index is 460. The number of nitriles is 1. The zero-order valence-electron chi connectivity index (χ0n) is 12.9. The third-order valence-electron chi connectivity index (χ3n) is 3.23. The van der Waals surface area contributed by atoms with Crippen LogP contribution in [0.1, 0.15) is 67.7 Å². The van der Waals surface area contributed by atoms with Crippen molar-refractivity contribution >= 4 is 0 Å². The van der Waals surface area contributed by atoms with Gasteiger partial charge in [-0.05, 0) is 32.6 Å². The summed E-state index contributed by atoms with van der Waals surface area (Å²) in [6, 6.07) is 2.23. The van der Waals surface area contributed by atoms with Gasteiger partial charge in [0.15, 0.2) is 0 Å². The quantitative estimate of drug-likeness (QED) is 0.567. The van der Waals surface area contributed by atoms with Crippen LogP contribution in [0.5, 0.6) is 0 Å². The van der Waals surface area contributed by atoms with Crippen molar-refractivity contribution in [3.63, 3.8) is 0 Å². The first-order valence-corrected chi connectivity index (χ1v) is 7.27. The molecule has 110 valence electrons. The van der Waals surface area contributed by atoms with Crippen LogP contribution in [0.4, 0.5) is 0 Å². The molecule has 20 heavy (non-hydrogen) atoms. The number of nitrogens with zero attached hydrogens (tertiary/aromatic N) is 1. The molecule has 0 heterocycles. The summed E-state index contributed by atoms with van der Waals surface area (Å²) in [6.07, 6.45) is 4.58. The van der Waals surface area contributed by atoms with Gasteiger partial charge in [-0.2, -0.15) is 5.26 Å². The van der Waals surface area contributed by atoms with Gasteiger partial charge in [-0.1, -0.05) is 58.8 Å². The molecule has 2 aliphatic rings. The smallest absolute Gasteiger partial charge is 0.118 e. The second-order valence-corrected chi connectivity index (χ2v) is 6.60. The van der Waals surface area contributed by atoms with Crippen molar-refractivity contribution < 1.29 is 0 Å². The second-order valence-electron chi connectivity index (χ2n) is 6.60. The van der Waals surface area contributed by atoms with Crippen molar-refractivity contribution in [2.45, 2.75) is 67.7 Å². The average Bonchev–Trinajstić information content (AvgIpc) is 3.24.